The lowest BCUT2D eigenvalue weighted by Crippen LogP contribution is -2.37. The molecule has 0 amide bonds. The first-order valence-corrected chi connectivity index (χ1v) is 6.89. The van der Waals surface area contributed by atoms with Gasteiger partial charge in [-0.2, -0.15) is 11.8 Å². The van der Waals surface area contributed by atoms with E-state index in [0.29, 0.717) is 18.5 Å². The largest absolute Gasteiger partial charge is 0.329 e. The topological polar surface area (TPSA) is 54.9 Å². The van der Waals surface area contributed by atoms with E-state index in [-0.39, 0.29) is 10.7 Å². The molecule has 1 rings (SSSR count). The second kappa shape index (κ2) is 6.15. The Balaban J connectivity index is 3.09. The molecule has 0 aliphatic rings. The average Bonchev–Trinajstić information content (AvgIpc) is 2.23. The maximum Gasteiger partial charge on any atom is 0.329 e. The maximum atomic E-state index is 11.9. The minimum Gasteiger partial charge on any atom is -0.297 e. The van der Waals surface area contributed by atoms with Gasteiger partial charge in [0.05, 0.1) is 5.56 Å². The Bertz CT molecular complexity index is 467. The van der Waals surface area contributed by atoms with E-state index in [9.17, 15) is 9.59 Å². The predicted molar refractivity (Wildman–Crippen MR) is 68.7 cm³/mol. The van der Waals surface area contributed by atoms with E-state index >= 15 is 0 Å². The second-order valence-corrected chi connectivity index (χ2v) is 4.74. The molecule has 90 valence electrons. The van der Waals surface area contributed by atoms with Gasteiger partial charge in [0.1, 0.15) is 5.15 Å². The highest BCUT2D eigenvalue weighted by Gasteiger charge is 2.10. The molecular weight excluding hydrogens is 248 g/mol. The van der Waals surface area contributed by atoms with Crippen molar-refractivity contribution in [3.8, 4) is 0 Å². The zero-order valence-corrected chi connectivity index (χ0v) is 11.0. The number of hydrogen-bond donors (Lipinski definition) is 1. The zero-order valence-electron chi connectivity index (χ0n) is 9.38. The van der Waals surface area contributed by atoms with Crippen molar-refractivity contribution in [2.24, 2.45) is 0 Å². The minimum atomic E-state index is -0.423. The molecular formula is C10H15ClN2O2S. The lowest BCUT2D eigenvalue weighted by molar-refractivity contribution is 0.611. The molecule has 1 aromatic rings. The van der Waals surface area contributed by atoms with Crippen LogP contribution in [0.15, 0.2) is 9.59 Å². The van der Waals surface area contributed by atoms with Crippen LogP contribution in [0.25, 0.3) is 0 Å². The van der Waals surface area contributed by atoms with Crippen LogP contribution in [0.1, 0.15) is 18.9 Å². The van der Waals surface area contributed by atoms with Gasteiger partial charge >= 0.3 is 5.69 Å². The fraction of sp³-hybridized carbons (Fsp3) is 0.600. The normalized spacial score (nSPS) is 10.7. The van der Waals surface area contributed by atoms with Gasteiger partial charge in [0.2, 0.25) is 0 Å². The van der Waals surface area contributed by atoms with Gasteiger partial charge in [-0.25, -0.2) is 4.79 Å². The van der Waals surface area contributed by atoms with Gasteiger partial charge in [-0.3, -0.25) is 14.3 Å². The number of thioether (sulfide) groups is 1. The summed E-state index contributed by atoms with van der Waals surface area (Å²) in [7, 11) is 0. The Labute approximate surface area is 103 Å². The monoisotopic (exact) mass is 262 g/mol. The first-order valence-electron chi connectivity index (χ1n) is 5.12. The summed E-state index contributed by atoms with van der Waals surface area (Å²) in [5, 5.41) is 0.165. The van der Waals surface area contributed by atoms with Crippen molar-refractivity contribution in [2.75, 3.05) is 12.0 Å². The van der Waals surface area contributed by atoms with Crippen molar-refractivity contribution in [2.45, 2.75) is 26.3 Å². The molecule has 1 heterocycles. The van der Waals surface area contributed by atoms with Gasteiger partial charge < -0.3 is 0 Å². The van der Waals surface area contributed by atoms with Gasteiger partial charge in [0.15, 0.2) is 0 Å². The van der Waals surface area contributed by atoms with Crippen LogP contribution in [0.5, 0.6) is 0 Å². The van der Waals surface area contributed by atoms with Gasteiger partial charge in [-0.1, -0.05) is 18.5 Å². The number of aromatic nitrogens is 2. The van der Waals surface area contributed by atoms with E-state index in [1.54, 1.807) is 11.8 Å². The number of nitrogens with zero attached hydrogens (tertiary/aromatic N) is 1. The van der Waals surface area contributed by atoms with Crippen molar-refractivity contribution < 1.29 is 0 Å². The Morgan fingerprint density at radius 2 is 2.12 bits per heavy atom. The Morgan fingerprint density at radius 1 is 1.44 bits per heavy atom. The van der Waals surface area contributed by atoms with E-state index in [0.717, 1.165) is 12.2 Å². The van der Waals surface area contributed by atoms with E-state index in [4.69, 9.17) is 11.6 Å². The average molecular weight is 263 g/mol. The van der Waals surface area contributed by atoms with E-state index in [1.165, 1.54) is 4.57 Å². The van der Waals surface area contributed by atoms with Crippen molar-refractivity contribution in [3.63, 3.8) is 0 Å². The van der Waals surface area contributed by atoms with Gasteiger partial charge in [0.25, 0.3) is 5.56 Å². The van der Waals surface area contributed by atoms with Gasteiger partial charge in [0, 0.05) is 6.54 Å². The molecule has 0 aliphatic heterocycles. The molecule has 0 fully saturated rings. The summed E-state index contributed by atoms with van der Waals surface area (Å²) < 4.78 is 1.22. The molecule has 4 nitrogen and oxygen atoms in total. The molecule has 0 aliphatic carbocycles. The molecule has 0 aromatic carbocycles. The number of nitrogens with one attached hydrogen (secondary N) is 1. The quantitative estimate of drug-likeness (QED) is 0.646. The minimum absolute atomic E-state index is 0.165. The molecule has 0 saturated carbocycles. The highest BCUT2D eigenvalue weighted by Crippen LogP contribution is 2.06. The third kappa shape index (κ3) is 2.92. The number of hydrogen-bond acceptors (Lipinski definition) is 3. The van der Waals surface area contributed by atoms with Crippen LogP contribution in [0, 0.1) is 0 Å². The summed E-state index contributed by atoms with van der Waals surface area (Å²) in [5.74, 6) is 0.927. The number of rotatable bonds is 5. The van der Waals surface area contributed by atoms with E-state index < -0.39 is 5.69 Å². The molecule has 0 saturated heterocycles. The lowest BCUT2D eigenvalue weighted by atomic mass is 10.2. The highest BCUT2D eigenvalue weighted by atomic mass is 35.5. The maximum absolute atomic E-state index is 11.9. The first kappa shape index (κ1) is 13.4. The fourth-order valence-electron chi connectivity index (χ4n) is 1.46. The van der Waals surface area contributed by atoms with Crippen LogP contribution in [0.2, 0.25) is 5.15 Å². The number of aromatic amines is 1. The van der Waals surface area contributed by atoms with E-state index in [2.05, 4.69) is 4.98 Å². The highest BCUT2D eigenvalue weighted by molar-refractivity contribution is 7.98. The van der Waals surface area contributed by atoms with Crippen molar-refractivity contribution in [1.82, 2.24) is 9.55 Å². The Kier molecular flexibility index (Phi) is 5.15. The summed E-state index contributed by atoms with van der Waals surface area (Å²) in [6, 6.07) is 0. The first-order chi connectivity index (χ1) is 7.61. The van der Waals surface area contributed by atoms with Crippen molar-refractivity contribution in [1.29, 1.82) is 0 Å². The van der Waals surface area contributed by atoms with Crippen LogP contribution < -0.4 is 11.2 Å². The fourth-order valence-corrected chi connectivity index (χ4v) is 2.18. The predicted octanol–water partition coefficient (Wildman–Crippen LogP) is 1.51. The molecule has 0 bridgehead atoms. The smallest absolute Gasteiger partial charge is 0.297 e. The summed E-state index contributed by atoms with van der Waals surface area (Å²) in [6.07, 6.45) is 3.32. The van der Waals surface area contributed by atoms with Crippen LogP contribution in [-0.2, 0) is 13.0 Å². The molecule has 1 N–H and O–H groups in total. The Hall–Kier alpha value is -0.680. The van der Waals surface area contributed by atoms with Crippen LogP contribution >= 0.6 is 23.4 Å². The molecule has 0 atom stereocenters. The summed E-state index contributed by atoms with van der Waals surface area (Å²) in [6.45, 7) is 2.28. The molecule has 16 heavy (non-hydrogen) atoms. The molecule has 6 heteroatoms. The Morgan fingerprint density at radius 3 is 2.69 bits per heavy atom. The van der Waals surface area contributed by atoms with Crippen molar-refractivity contribution >= 4 is 23.4 Å². The molecule has 1 aromatic heterocycles. The third-order valence-electron chi connectivity index (χ3n) is 2.31. The lowest BCUT2D eigenvalue weighted by Gasteiger charge is -2.07. The zero-order chi connectivity index (χ0) is 12.1. The van der Waals surface area contributed by atoms with Gasteiger partial charge in [-0.05, 0) is 24.9 Å². The van der Waals surface area contributed by atoms with Gasteiger partial charge in [-0.15, -0.1) is 0 Å². The second-order valence-electron chi connectivity index (χ2n) is 3.38. The summed E-state index contributed by atoms with van der Waals surface area (Å²) in [4.78, 5) is 25.9. The van der Waals surface area contributed by atoms with E-state index in [1.807, 2.05) is 13.2 Å². The number of H-pyrrole nitrogens is 1. The summed E-state index contributed by atoms with van der Waals surface area (Å²) in [5.41, 5.74) is -0.212. The molecule has 0 unspecified atom stereocenters. The standard InChI is InChI=1S/C10H15ClN2O2S/c1-3-7-8(11)12-10(15)13(9(7)14)5-4-6-16-2/h3-6H2,1-2H3,(H,12,15). The molecule has 0 radical (unpaired) electrons. The third-order valence-corrected chi connectivity index (χ3v) is 3.33. The van der Waals surface area contributed by atoms with Crippen LogP contribution in [-0.4, -0.2) is 21.6 Å². The van der Waals surface area contributed by atoms with Crippen LogP contribution in [0.4, 0.5) is 0 Å². The molecule has 0 spiro atoms. The van der Waals surface area contributed by atoms with Crippen LogP contribution in [0.3, 0.4) is 0 Å². The SMILES string of the molecule is CCc1c(Cl)[nH]c(=O)n(CCCSC)c1=O. The number of halogens is 1. The van der Waals surface area contributed by atoms with Crippen molar-refractivity contribution in [3.05, 3.63) is 31.6 Å². The summed E-state index contributed by atoms with van der Waals surface area (Å²) >= 11 is 7.49.